The molecule has 5 nitrogen and oxygen atoms in total. The first-order chi connectivity index (χ1) is 9.18. The van der Waals surface area contributed by atoms with Gasteiger partial charge in [-0.05, 0) is 25.3 Å². The Morgan fingerprint density at radius 3 is 2.74 bits per heavy atom. The third-order valence-electron chi connectivity index (χ3n) is 3.98. The summed E-state index contributed by atoms with van der Waals surface area (Å²) in [5, 5.41) is 13.4. The second kappa shape index (κ2) is 4.64. The maximum absolute atomic E-state index is 11.2. The number of hydrogen-bond donors (Lipinski definition) is 1. The van der Waals surface area contributed by atoms with E-state index in [-0.39, 0.29) is 5.56 Å². The molecule has 1 N–H and O–H groups in total. The Balaban J connectivity index is 2.16. The van der Waals surface area contributed by atoms with Gasteiger partial charge in [-0.1, -0.05) is 19.3 Å². The molecular weight excluding hydrogens is 242 g/mol. The first-order valence-electron chi connectivity index (χ1n) is 6.75. The van der Waals surface area contributed by atoms with Crippen LogP contribution in [-0.2, 0) is 0 Å². The maximum atomic E-state index is 11.2. The van der Waals surface area contributed by atoms with E-state index in [0.717, 1.165) is 24.1 Å². The fraction of sp³-hybridized carbons (Fsp3) is 0.500. The van der Waals surface area contributed by atoms with Crippen LogP contribution < -0.4 is 0 Å². The highest BCUT2D eigenvalue weighted by Gasteiger charge is 2.23. The molecule has 1 aliphatic carbocycles. The number of nitrogens with zero attached hydrogens (tertiary/aromatic N) is 3. The molecule has 3 rings (SSSR count). The lowest BCUT2D eigenvalue weighted by atomic mass is 9.85. The molecule has 1 aliphatic rings. The molecule has 0 bridgehead atoms. The number of hydrogen-bond acceptors (Lipinski definition) is 3. The molecule has 0 aliphatic heterocycles. The normalized spacial score (nSPS) is 16.9. The van der Waals surface area contributed by atoms with Crippen molar-refractivity contribution in [3.05, 3.63) is 29.2 Å². The Labute approximate surface area is 111 Å². The predicted molar refractivity (Wildman–Crippen MR) is 70.5 cm³/mol. The monoisotopic (exact) mass is 259 g/mol. The summed E-state index contributed by atoms with van der Waals surface area (Å²) in [5.74, 6) is -0.498. The van der Waals surface area contributed by atoms with Gasteiger partial charge in [0.05, 0.1) is 11.9 Å². The lowest BCUT2D eigenvalue weighted by Crippen LogP contribution is -2.13. The molecule has 0 spiro atoms. The van der Waals surface area contributed by atoms with Crippen molar-refractivity contribution in [1.82, 2.24) is 14.6 Å². The molecule has 5 heteroatoms. The minimum absolute atomic E-state index is 0.178. The highest BCUT2D eigenvalue weighted by atomic mass is 16.4. The highest BCUT2D eigenvalue weighted by Crippen LogP contribution is 2.34. The van der Waals surface area contributed by atoms with Crippen molar-refractivity contribution in [2.24, 2.45) is 0 Å². The van der Waals surface area contributed by atoms with Gasteiger partial charge in [-0.2, -0.15) is 5.10 Å². The van der Waals surface area contributed by atoms with Gasteiger partial charge >= 0.3 is 5.97 Å². The van der Waals surface area contributed by atoms with Crippen LogP contribution in [0.2, 0.25) is 0 Å². The van der Waals surface area contributed by atoms with Gasteiger partial charge in [-0.15, -0.1) is 0 Å². The third-order valence-corrected chi connectivity index (χ3v) is 3.98. The van der Waals surface area contributed by atoms with Crippen molar-refractivity contribution < 1.29 is 9.90 Å². The standard InChI is InChI=1S/C14H17N3O2/c1-9-7-15-13-11(14(18)19)8-16-17(13)12(9)10-5-3-2-4-6-10/h7-8,10H,2-6H2,1H3,(H,18,19). The van der Waals surface area contributed by atoms with Crippen LogP contribution in [-0.4, -0.2) is 25.7 Å². The van der Waals surface area contributed by atoms with Gasteiger partial charge < -0.3 is 5.11 Å². The minimum Gasteiger partial charge on any atom is -0.477 e. The van der Waals surface area contributed by atoms with Crippen molar-refractivity contribution in [1.29, 1.82) is 0 Å². The Bertz CT molecular complexity index is 627. The summed E-state index contributed by atoms with van der Waals surface area (Å²) in [6, 6.07) is 0. The molecule has 0 amide bonds. The van der Waals surface area contributed by atoms with Crippen LogP contribution in [0.5, 0.6) is 0 Å². The van der Waals surface area contributed by atoms with Gasteiger partial charge in [0.2, 0.25) is 0 Å². The van der Waals surface area contributed by atoms with E-state index in [1.165, 1.54) is 25.5 Å². The SMILES string of the molecule is Cc1cnc2c(C(=O)O)cnn2c1C1CCCCC1. The summed E-state index contributed by atoms with van der Waals surface area (Å²) in [4.78, 5) is 15.4. The first kappa shape index (κ1) is 12.1. The second-order valence-corrected chi connectivity index (χ2v) is 5.26. The van der Waals surface area contributed by atoms with Crippen LogP contribution in [0.25, 0.3) is 5.65 Å². The van der Waals surface area contributed by atoms with Crippen LogP contribution in [0.1, 0.15) is 59.6 Å². The van der Waals surface area contributed by atoms with Crippen molar-refractivity contribution in [3.8, 4) is 0 Å². The molecule has 100 valence electrons. The first-order valence-corrected chi connectivity index (χ1v) is 6.75. The summed E-state index contributed by atoms with van der Waals surface area (Å²) in [7, 11) is 0. The molecule has 2 aromatic heterocycles. The summed E-state index contributed by atoms with van der Waals surface area (Å²) in [5.41, 5.74) is 2.87. The topological polar surface area (TPSA) is 67.5 Å². The molecule has 0 atom stereocenters. The number of carboxylic acid groups (broad SMARTS) is 1. The van der Waals surface area contributed by atoms with Gasteiger partial charge in [0.25, 0.3) is 0 Å². The zero-order chi connectivity index (χ0) is 13.4. The molecule has 0 radical (unpaired) electrons. The van der Waals surface area contributed by atoms with Crippen molar-refractivity contribution >= 4 is 11.6 Å². The molecule has 0 aromatic carbocycles. The van der Waals surface area contributed by atoms with Crippen molar-refractivity contribution in [2.75, 3.05) is 0 Å². The van der Waals surface area contributed by atoms with E-state index in [9.17, 15) is 4.79 Å². The van der Waals surface area contributed by atoms with Crippen LogP contribution in [0, 0.1) is 6.92 Å². The lowest BCUT2D eigenvalue weighted by molar-refractivity contribution is 0.0698. The van der Waals surface area contributed by atoms with Gasteiger partial charge in [0.15, 0.2) is 5.65 Å². The Morgan fingerprint density at radius 1 is 1.32 bits per heavy atom. The Kier molecular flexibility index (Phi) is 2.97. The van der Waals surface area contributed by atoms with E-state index in [4.69, 9.17) is 5.11 Å². The predicted octanol–water partition coefficient (Wildman–Crippen LogP) is 2.78. The van der Waals surface area contributed by atoms with Gasteiger partial charge in [-0.25, -0.2) is 14.3 Å². The van der Waals surface area contributed by atoms with Crippen LogP contribution in [0.15, 0.2) is 12.4 Å². The quantitative estimate of drug-likeness (QED) is 0.900. The van der Waals surface area contributed by atoms with Crippen LogP contribution in [0.3, 0.4) is 0 Å². The highest BCUT2D eigenvalue weighted by molar-refractivity contribution is 5.94. The molecule has 1 fully saturated rings. The number of aromatic carboxylic acids is 1. The molecule has 1 saturated carbocycles. The van der Waals surface area contributed by atoms with E-state index >= 15 is 0 Å². The molecular formula is C14H17N3O2. The van der Waals surface area contributed by atoms with Gasteiger partial charge in [0, 0.05) is 12.1 Å². The largest absolute Gasteiger partial charge is 0.477 e. The third kappa shape index (κ3) is 1.99. The number of fused-ring (bicyclic) bond motifs is 1. The zero-order valence-corrected chi connectivity index (χ0v) is 11.0. The van der Waals surface area contributed by atoms with E-state index in [2.05, 4.69) is 10.1 Å². The zero-order valence-electron chi connectivity index (χ0n) is 11.0. The summed E-state index contributed by atoms with van der Waals surface area (Å²) >= 11 is 0. The Morgan fingerprint density at radius 2 is 2.05 bits per heavy atom. The summed E-state index contributed by atoms with van der Waals surface area (Å²) < 4.78 is 1.73. The minimum atomic E-state index is -0.971. The van der Waals surface area contributed by atoms with Gasteiger partial charge in [-0.3, -0.25) is 0 Å². The molecule has 0 unspecified atom stereocenters. The number of aryl methyl sites for hydroxylation is 1. The van der Waals surface area contributed by atoms with Crippen LogP contribution >= 0.6 is 0 Å². The number of carbonyl (C=O) groups is 1. The van der Waals surface area contributed by atoms with E-state index in [1.807, 2.05) is 6.92 Å². The lowest BCUT2D eigenvalue weighted by Gasteiger charge is -2.23. The van der Waals surface area contributed by atoms with Crippen molar-refractivity contribution in [3.63, 3.8) is 0 Å². The second-order valence-electron chi connectivity index (χ2n) is 5.26. The van der Waals surface area contributed by atoms with E-state index < -0.39 is 5.97 Å². The fourth-order valence-corrected chi connectivity index (χ4v) is 3.06. The van der Waals surface area contributed by atoms with Gasteiger partial charge in [0.1, 0.15) is 5.56 Å². The number of aromatic nitrogens is 3. The van der Waals surface area contributed by atoms with E-state index in [0.29, 0.717) is 11.6 Å². The summed E-state index contributed by atoms with van der Waals surface area (Å²) in [6.45, 7) is 2.03. The number of carboxylic acids is 1. The van der Waals surface area contributed by atoms with E-state index in [1.54, 1.807) is 10.7 Å². The molecule has 2 aromatic rings. The average Bonchev–Trinajstić information content (AvgIpc) is 2.83. The maximum Gasteiger partial charge on any atom is 0.341 e. The molecule has 2 heterocycles. The average molecular weight is 259 g/mol. The molecule has 0 saturated heterocycles. The summed E-state index contributed by atoms with van der Waals surface area (Å²) in [6.07, 6.45) is 9.25. The fourth-order valence-electron chi connectivity index (χ4n) is 3.06. The van der Waals surface area contributed by atoms with Crippen molar-refractivity contribution in [2.45, 2.75) is 44.9 Å². The smallest absolute Gasteiger partial charge is 0.341 e. The van der Waals surface area contributed by atoms with Crippen LogP contribution in [0.4, 0.5) is 0 Å². The molecule has 19 heavy (non-hydrogen) atoms. The Hall–Kier alpha value is -1.91. The number of rotatable bonds is 2.